The van der Waals surface area contributed by atoms with Crippen molar-refractivity contribution in [2.45, 2.75) is 6.10 Å². The molecule has 1 unspecified atom stereocenters. The summed E-state index contributed by atoms with van der Waals surface area (Å²) >= 11 is 0. The van der Waals surface area contributed by atoms with Crippen LogP contribution in [0.5, 0.6) is 0 Å². The highest BCUT2D eigenvalue weighted by atomic mass is 16.3. The van der Waals surface area contributed by atoms with Crippen molar-refractivity contribution < 1.29 is 5.11 Å². The maximum absolute atomic E-state index is 9.88. The lowest BCUT2D eigenvalue weighted by Gasteiger charge is -2.05. The van der Waals surface area contributed by atoms with E-state index >= 15 is 0 Å². The first-order valence-electron chi connectivity index (χ1n) is 4.18. The molecule has 2 rings (SSSR count). The average Bonchev–Trinajstić information content (AvgIpc) is 2.73. The number of hydrogen-bond donors (Lipinski definition) is 1. The predicted molar refractivity (Wildman–Crippen MR) is 48.3 cm³/mol. The minimum atomic E-state index is -0.816. The lowest BCUT2D eigenvalue weighted by atomic mass is 10.2. The second kappa shape index (κ2) is 3.22. The van der Waals surface area contributed by atoms with Gasteiger partial charge < -0.3 is 9.67 Å². The van der Waals surface area contributed by atoms with E-state index < -0.39 is 6.10 Å². The third-order valence-electron chi connectivity index (χ3n) is 2.00. The Morgan fingerprint density at radius 2 is 2.14 bits per heavy atom. The van der Waals surface area contributed by atoms with E-state index in [0.717, 1.165) is 0 Å². The van der Waals surface area contributed by atoms with Crippen molar-refractivity contribution in [2.75, 3.05) is 0 Å². The molecule has 0 fully saturated rings. The summed E-state index contributed by atoms with van der Waals surface area (Å²) in [7, 11) is 3.58. The van der Waals surface area contributed by atoms with Gasteiger partial charge in [0.05, 0.1) is 12.0 Å². The van der Waals surface area contributed by atoms with Crippen molar-refractivity contribution in [3.63, 3.8) is 0 Å². The zero-order valence-electron chi connectivity index (χ0n) is 7.99. The Hall–Kier alpha value is -1.69. The summed E-state index contributed by atoms with van der Waals surface area (Å²) in [6, 6.07) is 0. The normalized spacial score (nSPS) is 13.1. The van der Waals surface area contributed by atoms with Gasteiger partial charge in [-0.2, -0.15) is 5.10 Å². The molecule has 0 spiro atoms. The van der Waals surface area contributed by atoms with Crippen molar-refractivity contribution >= 4 is 0 Å². The van der Waals surface area contributed by atoms with Gasteiger partial charge in [0.2, 0.25) is 0 Å². The number of aryl methyl sites for hydroxylation is 2. The monoisotopic (exact) mass is 193 g/mol. The van der Waals surface area contributed by atoms with E-state index in [-0.39, 0.29) is 0 Å². The van der Waals surface area contributed by atoms with E-state index in [9.17, 15) is 5.11 Å². The van der Waals surface area contributed by atoms with E-state index in [4.69, 9.17) is 0 Å². The van der Waals surface area contributed by atoms with Crippen LogP contribution in [-0.4, -0.2) is 29.4 Å². The minimum Gasteiger partial charge on any atom is -0.379 e. The van der Waals surface area contributed by atoms with Gasteiger partial charge in [0.1, 0.15) is 6.33 Å². The van der Waals surface area contributed by atoms with E-state index in [1.54, 1.807) is 24.1 Å². The molecular weight excluding hydrogens is 182 g/mol. The van der Waals surface area contributed by atoms with Crippen LogP contribution in [0.25, 0.3) is 0 Å². The van der Waals surface area contributed by atoms with Crippen molar-refractivity contribution in [3.8, 4) is 0 Å². The van der Waals surface area contributed by atoms with Crippen LogP contribution < -0.4 is 0 Å². The third kappa shape index (κ3) is 1.39. The topological polar surface area (TPSA) is 68.8 Å². The average molecular weight is 193 g/mol. The summed E-state index contributed by atoms with van der Waals surface area (Å²) in [6.07, 6.45) is 3.97. The fourth-order valence-electron chi connectivity index (χ4n) is 1.26. The molecule has 0 saturated heterocycles. The summed E-state index contributed by atoms with van der Waals surface area (Å²) in [5, 5.41) is 13.8. The summed E-state index contributed by atoms with van der Waals surface area (Å²) in [5.74, 6) is 0.490. The third-order valence-corrected chi connectivity index (χ3v) is 2.00. The smallest absolute Gasteiger partial charge is 0.161 e. The molecule has 0 aliphatic rings. The molecule has 0 aromatic carbocycles. The van der Waals surface area contributed by atoms with Gasteiger partial charge in [-0.25, -0.2) is 9.97 Å². The highest BCUT2D eigenvalue weighted by Crippen LogP contribution is 2.16. The lowest BCUT2D eigenvalue weighted by Crippen LogP contribution is -2.08. The van der Waals surface area contributed by atoms with Crippen LogP contribution in [0, 0.1) is 0 Å². The summed E-state index contributed by atoms with van der Waals surface area (Å²) in [5.41, 5.74) is 0.573. The number of nitrogens with zero attached hydrogens (tertiary/aromatic N) is 5. The molecule has 0 bridgehead atoms. The van der Waals surface area contributed by atoms with Crippen LogP contribution in [0.2, 0.25) is 0 Å². The first kappa shape index (κ1) is 8.89. The van der Waals surface area contributed by atoms with Crippen molar-refractivity contribution in [3.05, 3.63) is 30.4 Å². The van der Waals surface area contributed by atoms with E-state index in [0.29, 0.717) is 11.5 Å². The van der Waals surface area contributed by atoms with E-state index in [2.05, 4.69) is 15.1 Å². The Balaban J connectivity index is 2.33. The molecule has 14 heavy (non-hydrogen) atoms. The minimum absolute atomic E-state index is 0.490. The van der Waals surface area contributed by atoms with Crippen LogP contribution in [0.3, 0.4) is 0 Å². The molecule has 1 atom stereocenters. The summed E-state index contributed by atoms with van der Waals surface area (Å²) < 4.78 is 3.30. The van der Waals surface area contributed by atoms with Crippen LogP contribution in [0.15, 0.2) is 18.9 Å². The Morgan fingerprint density at radius 3 is 2.64 bits per heavy atom. The number of imidazole rings is 1. The number of aromatic nitrogens is 5. The molecular formula is C8H11N5O. The fourth-order valence-corrected chi connectivity index (χ4v) is 1.26. The maximum atomic E-state index is 9.88. The Labute approximate surface area is 80.8 Å². The molecule has 2 aromatic rings. The largest absolute Gasteiger partial charge is 0.379 e. The molecule has 0 aliphatic heterocycles. The van der Waals surface area contributed by atoms with Gasteiger partial charge in [-0.3, -0.25) is 4.68 Å². The first-order valence-corrected chi connectivity index (χ1v) is 4.18. The van der Waals surface area contributed by atoms with Crippen LogP contribution >= 0.6 is 0 Å². The number of aliphatic hydroxyl groups is 1. The zero-order valence-corrected chi connectivity index (χ0v) is 7.99. The van der Waals surface area contributed by atoms with Gasteiger partial charge in [-0.05, 0) is 0 Å². The maximum Gasteiger partial charge on any atom is 0.161 e. The first-order chi connectivity index (χ1) is 6.68. The van der Waals surface area contributed by atoms with E-state index in [1.165, 1.54) is 11.0 Å². The van der Waals surface area contributed by atoms with Gasteiger partial charge in [0, 0.05) is 20.3 Å². The second-order valence-corrected chi connectivity index (χ2v) is 3.11. The molecule has 74 valence electrons. The predicted octanol–water partition coefficient (Wildman–Crippen LogP) is -0.370. The van der Waals surface area contributed by atoms with Gasteiger partial charge in [-0.15, -0.1) is 0 Å². The second-order valence-electron chi connectivity index (χ2n) is 3.11. The quantitative estimate of drug-likeness (QED) is 0.706. The fraction of sp³-hybridized carbons (Fsp3) is 0.375. The molecule has 6 nitrogen and oxygen atoms in total. The molecule has 6 heteroatoms. The van der Waals surface area contributed by atoms with Crippen LogP contribution in [0.1, 0.15) is 17.6 Å². The van der Waals surface area contributed by atoms with Gasteiger partial charge in [0.15, 0.2) is 11.9 Å². The van der Waals surface area contributed by atoms with E-state index in [1.807, 2.05) is 7.05 Å². The molecule has 0 aliphatic carbocycles. The van der Waals surface area contributed by atoms with Gasteiger partial charge >= 0.3 is 0 Å². The Kier molecular flexibility index (Phi) is 2.05. The van der Waals surface area contributed by atoms with Crippen molar-refractivity contribution in [2.24, 2.45) is 14.1 Å². The Bertz CT molecular complexity index is 432. The standard InChI is InChI=1S/C8H11N5O/c1-12-3-6(10-5-12)7(14)8-9-4-11-13(8)2/h3-5,7,14H,1-2H3. The van der Waals surface area contributed by atoms with Gasteiger partial charge in [-0.1, -0.05) is 0 Å². The zero-order chi connectivity index (χ0) is 10.1. The van der Waals surface area contributed by atoms with Crippen molar-refractivity contribution in [1.82, 2.24) is 24.3 Å². The molecule has 0 amide bonds. The molecule has 2 heterocycles. The lowest BCUT2D eigenvalue weighted by molar-refractivity contribution is 0.200. The molecule has 0 radical (unpaired) electrons. The summed E-state index contributed by atoms with van der Waals surface area (Å²) in [4.78, 5) is 8.00. The van der Waals surface area contributed by atoms with Crippen LogP contribution in [0.4, 0.5) is 0 Å². The van der Waals surface area contributed by atoms with Crippen LogP contribution in [-0.2, 0) is 14.1 Å². The van der Waals surface area contributed by atoms with Crippen molar-refractivity contribution in [1.29, 1.82) is 0 Å². The Morgan fingerprint density at radius 1 is 1.36 bits per heavy atom. The highest BCUT2D eigenvalue weighted by molar-refractivity contribution is 5.10. The molecule has 1 N–H and O–H groups in total. The number of hydrogen-bond acceptors (Lipinski definition) is 4. The van der Waals surface area contributed by atoms with Gasteiger partial charge in [0.25, 0.3) is 0 Å². The highest BCUT2D eigenvalue weighted by Gasteiger charge is 2.17. The summed E-state index contributed by atoms with van der Waals surface area (Å²) in [6.45, 7) is 0. The molecule has 2 aromatic heterocycles. The SMILES string of the molecule is Cn1cnc(C(O)c2ncnn2C)c1. The number of aliphatic hydroxyl groups excluding tert-OH is 1. The number of rotatable bonds is 2. The molecule has 0 saturated carbocycles.